The van der Waals surface area contributed by atoms with Crippen molar-refractivity contribution < 1.29 is 0 Å². The molecule has 0 amide bonds. The topological polar surface area (TPSA) is 36.4 Å². The van der Waals surface area contributed by atoms with Crippen molar-refractivity contribution in [2.24, 2.45) is 4.99 Å². The quantitative estimate of drug-likeness (QED) is 0.521. The normalized spacial score (nSPS) is 14.5. The van der Waals surface area contributed by atoms with Crippen LogP contribution in [0.15, 0.2) is 65.3 Å². The van der Waals surface area contributed by atoms with Gasteiger partial charge in [0.2, 0.25) is 0 Å². The van der Waals surface area contributed by atoms with E-state index in [0.717, 1.165) is 17.7 Å². The van der Waals surface area contributed by atoms with Gasteiger partial charge in [0.25, 0.3) is 0 Å². The van der Waals surface area contributed by atoms with Crippen LogP contribution in [-0.4, -0.2) is 25.8 Å². The Bertz CT molecular complexity index is 567. The molecule has 23 heavy (non-hydrogen) atoms. The Morgan fingerprint density at radius 1 is 1.30 bits per heavy atom. The molecule has 3 heteroatoms. The fraction of sp³-hybridized carbons (Fsp3) is 0.350. The summed E-state index contributed by atoms with van der Waals surface area (Å²) >= 11 is 0. The summed E-state index contributed by atoms with van der Waals surface area (Å²) in [5.41, 5.74) is 4.59. The van der Waals surface area contributed by atoms with Crippen molar-refractivity contribution >= 4 is 12.4 Å². The van der Waals surface area contributed by atoms with Gasteiger partial charge in [0.15, 0.2) is 0 Å². The lowest BCUT2D eigenvalue weighted by molar-refractivity contribution is 0.540. The maximum absolute atomic E-state index is 4.14. The van der Waals surface area contributed by atoms with E-state index in [2.05, 4.69) is 73.1 Å². The van der Waals surface area contributed by atoms with Gasteiger partial charge in [0.1, 0.15) is 0 Å². The monoisotopic (exact) mass is 311 g/mol. The SMILES string of the molecule is C=N/C=C\C=C(/C(=C)C)C(CC(C)NC)Nc1ccc(C)cc1. The molecule has 0 bridgehead atoms. The molecular weight excluding hydrogens is 282 g/mol. The summed E-state index contributed by atoms with van der Waals surface area (Å²) < 4.78 is 0. The van der Waals surface area contributed by atoms with Crippen LogP contribution in [0.2, 0.25) is 0 Å². The Morgan fingerprint density at radius 2 is 1.96 bits per heavy atom. The van der Waals surface area contributed by atoms with Gasteiger partial charge in [0.05, 0.1) is 6.04 Å². The molecule has 0 aliphatic carbocycles. The fourth-order valence-electron chi connectivity index (χ4n) is 2.35. The van der Waals surface area contributed by atoms with E-state index in [1.54, 1.807) is 6.20 Å². The third kappa shape index (κ3) is 6.66. The molecule has 0 aromatic heterocycles. The zero-order chi connectivity index (χ0) is 17.2. The number of rotatable bonds is 9. The fourth-order valence-corrected chi connectivity index (χ4v) is 2.35. The molecule has 2 unspecified atom stereocenters. The maximum Gasteiger partial charge on any atom is 0.0530 e. The Hall–Kier alpha value is -2.13. The third-order valence-corrected chi connectivity index (χ3v) is 3.81. The van der Waals surface area contributed by atoms with Crippen molar-refractivity contribution in [3.63, 3.8) is 0 Å². The molecule has 0 saturated carbocycles. The summed E-state index contributed by atoms with van der Waals surface area (Å²) in [5, 5.41) is 6.94. The molecule has 1 aromatic carbocycles. The highest BCUT2D eigenvalue weighted by molar-refractivity contribution is 5.50. The molecule has 3 nitrogen and oxygen atoms in total. The molecule has 0 fully saturated rings. The predicted molar refractivity (Wildman–Crippen MR) is 103 cm³/mol. The van der Waals surface area contributed by atoms with E-state index in [0.29, 0.717) is 6.04 Å². The molecule has 0 aliphatic heterocycles. The number of nitrogens with zero attached hydrogens (tertiary/aromatic N) is 1. The van der Waals surface area contributed by atoms with Crippen molar-refractivity contribution in [1.82, 2.24) is 5.32 Å². The van der Waals surface area contributed by atoms with Crippen LogP contribution in [-0.2, 0) is 0 Å². The summed E-state index contributed by atoms with van der Waals surface area (Å²) in [6, 6.07) is 9.03. The second-order valence-corrected chi connectivity index (χ2v) is 5.91. The van der Waals surface area contributed by atoms with Crippen LogP contribution in [0.5, 0.6) is 0 Å². The van der Waals surface area contributed by atoms with Gasteiger partial charge in [-0.2, -0.15) is 0 Å². The Kier molecular flexibility index (Phi) is 8.06. The molecule has 1 aromatic rings. The van der Waals surface area contributed by atoms with Crippen molar-refractivity contribution in [2.45, 2.75) is 39.3 Å². The van der Waals surface area contributed by atoms with Crippen molar-refractivity contribution in [2.75, 3.05) is 12.4 Å². The molecule has 2 N–H and O–H groups in total. The molecule has 0 spiro atoms. The average Bonchev–Trinajstić information content (AvgIpc) is 2.52. The highest BCUT2D eigenvalue weighted by Crippen LogP contribution is 2.22. The lowest BCUT2D eigenvalue weighted by atomic mass is 9.94. The molecule has 1 rings (SSSR count). The number of nitrogens with one attached hydrogen (secondary N) is 2. The van der Waals surface area contributed by atoms with Crippen LogP contribution in [0.1, 0.15) is 25.8 Å². The molecule has 2 atom stereocenters. The first-order valence-electron chi connectivity index (χ1n) is 7.96. The molecular formula is C20H29N3. The van der Waals surface area contributed by atoms with E-state index in [1.807, 2.05) is 20.0 Å². The Morgan fingerprint density at radius 3 is 2.48 bits per heavy atom. The van der Waals surface area contributed by atoms with Gasteiger partial charge in [0, 0.05) is 17.9 Å². The van der Waals surface area contributed by atoms with E-state index in [-0.39, 0.29) is 6.04 Å². The Labute approximate surface area is 140 Å². The number of anilines is 1. The zero-order valence-corrected chi connectivity index (χ0v) is 14.8. The number of hydrogen-bond donors (Lipinski definition) is 2. The van der Waals surface area contributed by atoms with Gasteiger partial charge >= 0.3 is 0 Å². The highest BCUT2D eigenvalue weighted by atomic mass is 14.9. The minimum absolute atomic E-state index is 0.173. The maximum atomic E-state index is 4.14. The minimum Gasteiger partial charge on any atom is -0.378 e. The largest absolute Gasteiger partial charge is 0.378 e. The van der Waals surface area contributed by atoms with Gasteiger partial charge in [-0.3, -0.25) is 4.99 Å². The van der Waals surface area contributed by atoms with Crippen LogP contribution in [0.3, 0.4) is 0 Å². The van der Waals surface area contributed by atoms with Gasteiger partial charge < -0.3 is 10.6 Å². The van der Waals surface area contributed by atoms with Crippen molar-refractivity contribution in [3.8, 4) is 0 Å². The first-order valence-corrected chi connectivity index (χ1v) is 7.96. The summed E-state index contributed by atoms with van der Waals surface area (Å²) in [7, 11) is 1.99. The number of allylic oxidation sites excluding steroid dienone is 2. The molecule has 0 heterocycles. The predicted octanol–water partition coefficient (Wildman–Crippen LogP) is 4.49. The molecule has 0 saturated heterocycles. The lowest BCUT2D eigenvalue weighted by Crippen LogP contribution is -2.32. The van der Waals surface area contributed by atoms with E-state index >= 15 is 0 Å². The Balaban J connectivity index is 3.07. The summed E-state index contributed by atoms with van der Waals surface area (Å²) in [5.74, 6) is 0. The first-order chi connectivity index (χ1) is 11.0. The van der Waals surface area contributed by atoms with E-state index in [1.165, 1.54) is 11.1 Å². The van der Waals surface area contributed by atoms with Gasteiger partial charge in [-0.1, -0.05) is 35.9 Å². The van der Waals surface area contributed by atoms with Crippen molar-refractivity contribution in [1.29, 1.82) is 0 Å². The van der Waals surface area contributed by atoms with Crippen LogP contribution >= 0.6 is 0 Å². The van der Waals surface area contributed by atoms with E-state index in [9.17, 15) is 0 Å². The first kappa shape index (κ1) is 18.9. The second-order valence-electron chi connectivity index (χ2n) is 5.91. The number of aryl methyl sites for hydroxylation is 1. The lowest BCUT2D eigenvalue weighted by Gasteiger charge is -2.26. The van der Waals surface area contributed by atoms with Gasteiger partial charge in [-0.05, 0) is 64.7 Å². The zero-order valence-electron chi connectivity index (χ0n) is 14.8. The third-order valence-electron chi connectivity index (χ3n) is 3.81. The van der Waals surface area contributed by atoms with Crippen LogP contribution in [0.25, 0.3) is 0 Å². The molecule has 0 radical (unpaired) electrons. The summed E-state index contributed by atoms with van der Waals surface area (Å²) in [6.45, 7) is 13.9. The summed E-state index contributed by atoms with van der Waals surface area (Å²) in [6.07, 6.45) is 6.61. The van der Waals surface area contributed by atoms with Gasteiger partial charge in [-0.25, -0.2) is 0 Å². The van der Waals surface area contributed by atoms with E-state index < -0.39 is 0 Å². The number of hydrogen-bond acceptors (Lipinski definition) is 3. The molecule has 124 valence electrons. The van der Waals surface area contributed by atoms with Gasteiger partial charge in [-0.15, -0.1) is 0 Å². The van der Waals surface area contributed by atoms with Crippen LogP contribution in [0, 0.1) is 6.92 Å². The highest BCUT2D eigenvalue weighted by Gasteiger charge is 2.17. The minimum atomic E-state index is 0.173. The van der Waals surface area contributed by atoms with E-state index in [4.69, 9.17) is 0 Å². The number of benzene rings is 1. The smallest absolute Gasteiger partial charge is 0.0530 e. The molecule has 0 aliphatic rings. The van der Waals surface area contributed by atoms with Crippen LogP contribution in [0.4, 0.5) is 5.69 Å². The number of aliphatic imine (C=N–C) groups is 1. The summed E-state index contributed by atoms with van der Waals surface area (Å²) in [4.78, 5) is 3.76. The second kappa shape index (κ2) is 9.80. The average molecular weight is 311 g/mol. The van der Waals surface area contributed by atoms with Crippen LogP contribution < -0.4 is 10.6 Å². The van der Waals surface area contributed by atoms with Crippen molar-refractivity contribution in [3.05, 3.63) is 65.9 Å². The standard InChI is InChI=1S/C20H29N3/c1-15(2)19(8-7-13-21-5)20(14-17(4)22-6)23-18-11-9-16(3)10-12-18/h7-13,17,20,22-23H,1,5,14H2,2-4,6H3/b13-7-,19-8+.